The Morgan fingerprint density at radius 2 is 1.71 bits per heavy atom. The minimum Gasteiger partial charge on any atom is -0.444 e. The molecule has 0 rings (SSSR count). The van der Waals surface area contributed by atoms with Crippen LogP contribution in [-0.4, -0.2) is 40.3 Å². The highest BCUT2D eigenvalue weighted by molar-refractivity contribution is 5.90. The number of ether oxygens (including phenoxy) is 1. The van der Waals surface area contributed by atoms with Gasteiger partial charge in [-0.05, 0) is 47.1 Å². The van der Waals surface area contributed by atoms with Crippen LogP contribution in [0.2, 0.25) is 0 Å². The Morgan fingerprint density at radius 3 is 2.10 bits per heavy atom. The van der Waals surface area contributed by atoms with Crippen molar-refractivity contribution in [1.82, 2.24) is 10.2 Å². The van der Waals surface area contributed by atoms with E-state index in [2.05, 4.69) is 18.5 Å². The van der Waals surface area contributed by atoms with E-state index in [0.29, 0.717) is 17.7 Å². The Bertz CT molecular complexity index is 626. The number of hydrogen-bond donors (Lipinski definition) is 2. The molecule has 1 unspecified atom stereocenters. The van der Waals surface area contributed by atoms with Gasteiger partial charge in [-0.1, -0.05) is 64.7 Å². The van der Waals surface area contributed by atoms with E-state index in [4.69, 9.17) is 4.74 Å². The van der Waals surface area contributed by atoms with Crippen molar-refractivity contribution >= 4 is 12.0 Å². The minimum atomic E-state index is -0.628. The van der Waals surface area contributed by atoms with Gasteiger partial charge in [0.1, 0.15) is 5.60 Å². The number of amides is 2. The molecule has 1 atom stereocenters. The maximum Gasteiger partial charge on any atom is 0.407 e. The Hall–Kier alpha value is -2.60. The van der Waals surface area contributed by atoms with E-state index in [0.717, 1.165) is 0 Å². The number of allylic oxidation sites excluding steroid dienone is 4. The third-order valence-corrected chi connectivity index (χ3v) is 3.28. The van der Waals surface area contributed by atoms with Crippen molar-refractivity contribution in [1.29, 1.82) is 0 Å². The monoisotopic (exact) mass is 436 g/mol. The number of rotatable bonds is 9. The van der Waals surface area contributed by atoms with Crippen LogP contribution in [0.15, 0.2) is 61.0 Å². The largest absolute Gasteiger partial charge is 0.444 e. The third-order valence-electron chi connectivity index (χ3n) is 3.28. The van der Waals surface area contributed by atoms with Crippen molar-refractivity contribution in [3.05, 3.63) is 61.0 Å². The van der Waals surface area contributed by atoms with Crippen LogP contribution in [-0.2, 0) is 9.53 Å². The summed E-state index contributed by atoms with van der Waals surface area (Å²) in [6, 6.07) is -0.553. The summed E-state index contributed by atoms with van der Waals surface area (Å²) < 4.78 is 5.18. The van der Waals surface area contributed by atoms with Crippen molar-refractivity contribution in [2.75, 3.05) is 6.61 Å². The molecule has 178 valence electrons. The van der Waals surface area contributed by atoms with E-state index >= 15 is 0 Å². The van der Waals surface area contributed by atoms with E-state index in [1.54, 1.807) is 52.0 Å². The van der Waals surface area contributed by atoms with Crippen LogP contribution in [0, 0.1) is 0 Å². The Labute approximate surface area is 190 Å². The lowest BCUT2D eigenvalue weighted by atomic mass is 10.1. The Kier molecular flexibility index (Phi) is 20.6. The first-order valence-corrected chi connectivity index (χ1v) is 10.8. The summed E-state index contributed by atoms with van der Waals surface area (Å²) in [6.45, 7) is 23.9. The average molecular weight is 437 g/mol. The van der Waals surface area contributed by atoms with Gasteiger partial charge in [0.2, 0.25) is 0 Å². The minimum absolute atomic E-state index is 0.272. The number of carbonyl (C=O) groups is 2. The zero-order valence-electron chi connectivity index (χ0n) is 21.0. The number of aliphatic hydroxyl groups is 1. The molecule has 0 aromatic heterocycles. The number of alkyl carbamates (subject to hydrolysis) is 1. The van der Waals surface area contributed by atoms with Gasteiger partial charge >= 0.3 is 6.09 Å². The van der Waals surface area contributed by atoms with E-state index < -0.39 is 17.7 Å². The lowest BCUT2D eigenvalue weighted by Crippen LogP contribution is -2.41. The van der Waals surface area contributed by atoms with Gasteiger partial charge in [-0.25, -0.2) is 4.79 Å². The second-order valence-corrected chi connectivity index (χ2v) is 6.92. The molecule has 31 heavy (non-hydrogen) atoms. The topological polar surface area (TPSA) is 78.9 Å². The number of hydrogen-bond acceptors (Lipinski definition) is 4. The molecule has 0 bridgehead atoms. The molecule has 0 fully saturated rings. The first-order chi connectivity index (χ1) is 14.6. The number of carbonyl (C=O) groups excluding carboxylic acids is 2. The van der Waals surface area contributed by atoms with Crippen LogP contribution >= 0.6 is 0 Å². The molecule has 0 aliphatic heterocycles. The standard InChI is InChI=1S/C21H32N2O4.2C2H6/c1-8-11-12-18(9-2)23(10-3)19(25)14-16(4)13-17(15-24)22-20(26)27-21(5,6)7;2*1-2/h8-12,14,17,24H,1,3,13,15H2,2,4-7H3,(H,22,26);2*1-2H3/b12-11-,16-14+,18-9+;;. The molecule has 2 amide bonds. The van der Waals surface area contributed by atoms with Gasteiger partial charge < -0.3 is 15.2 Å². The summed E-state index contributed by atoms with van der Waals surface area (Å²) in [4.78, 5) is 25.8. The normalized spacial score (nSPS) is 12.5. The van der Waals surface area contributed by atoms with E-state index in [1.165, 1.54) is 17.2 Å². The second-order valence-electron chi connectivity index (χ2n) is 6.92. The van der Waals surface area contributed by atoms with Gasteiger partial charge in [0.25, 0.3) is 5.91 Å². The fraction of sp³-hybridized carbons (Fsp3) is 0.520. The average Bonchev–Trinajstić information content (AvgIpc) is 2.71. The molecule has 0 heterocycles. The van der Waals surface area contributed by atoms with Gasteiger partial charge in [0.05, 0.1) is 12.6 Å². The highest BCUT2D eigenvalue weighted by Gasteiger charge is 2.20. The van der Waals surface area contributed by atoms with Crippen molar-refractivity contribution in [3.8, 4) is 0 Å². The van der Waals surface area contributed by atoms with Gasteiger partial charge in [-0.15, -0.1) is 0 Å². The molecule has 0 saturated heterocycles. The maximum absolute atomic E-state index is 12.5. The van der Waals surface area contributed by atoms with Crippen molar-refractivity contribution < 1.29 is 19.4 Å². The molecule has 0 aromatic carbocycles. The van der Waals surface area contributed by atoms with Crippen LogP contribution < -0.4 is 5.32 Å². The van der Waals surface area contributed by atoms with Gasteiger partial charge in [0, 0.05) is 18.0 Å². The van der Waals surface area contributed by atoms with Crippen LogP contribution in [0.3, 0.4) is 0 Å². The first kappa shape index (κ1) is 33.0. The summed E-state index contributed by atoms with van der Waals surface area (Å²) in [5.41, 5.74) is 0.728. The van der Waals surface area contributed by atoms with E-state index in [-0.39, 0.29) is 12.5 Å². The predicted molar refractivity (Wildman–Crippen MR) is 131 cm³/mol. The first-order valence-electron chi connectivity index (χ1n) is 10.8. The predicted octanol–water partition coefficient (Wildman–Crippen LogP) is 5.88. The highest BCUT2D eigenvalue weighted by atomic mass is 16.6. The number of nitrogens with one attached hydrogen (secondary N) is 1. The molecule has 6 heteroatoms. The lowest BCUT2D eigenvalue weighted by molar-refractivity contribution is -0.122. The summed E-state index contributed by atoms with van der Waals surface area (Å²) in [5, 5.41) is 12.1. The van der Waals surface area contributed by atoms with Crippen molar-refractivity contribution in [3.63, 3.8) is 0 Å². The van der Waals surface area contributed by atoms with Gasteiger partial charge in [-0.2, -0.15) is 0 Å². The van der Waals surface area contributed by atoms with Crippen molar-refractivity contribution in [2.45, 2.75) is 80.4 Å². The Balaban J connectivity index is -0.00000184. The van der Waals surface area contributed by atoms with Crippen LogP contribution in [0.25, 0.3) is 0 Å². The molecule has 0 aromatic rings. The summed E-state index contributed by atoms with van der Waals surface area (Å²) >= 11 is 0. The lowest BCUT2D eigenvalue weighted by Gasteiger charge is -2.23. The fourth-order valence-electron chi connectivity index (χ4n) is 2.17. The van der Waals surface area contributed by atoms with Crippen molar-refractivity contribution in [2.24, 2.45) is 0 Å². The molecular formula is C25H44N2O4. The zero-order valence-corrected chi connectivity index (χ0v) is 21.0. The molecule has 2 N–H and O–H groups in total. The number of nitrogens with zero attached hydrogens (tertiary/aromatic N) is 1. The molecular weight excluding hydrogens is 392 g/mol. The van der Waals surface area contributed by atoms with Crippen LogP contribution in [0.4, 0.5) is 4.79 Å². The highest BCUT2D eigenvalue weighted by Crippen LogP contribution is 2.12. The van der Waals surface area contributed by atoms with Gasteiger partial charge in [0.15, 0.2) is 0 Å². The maximum atomic E-state index is 12.5. The Morgan fingerprint density at radius 1 is 1.16 bits per heavy atom. The molecule has 0 saturated carbocycles. The van der Waals surface area contributed by atoms with Gasteiger partial charge in [-0.3, -0.25) is 9.69 Å². The van der Waals surface area contributed by atoms with Crippen LogP contribution in [0.1, 0.15) is 68.7 Å². The zero-order chi connectivity index (χ0) is 25.0. The summed E-state index contributed by atoms with van der Waals surface area (Å²) in [5.74, 6) is -0.279. The third kappa shape index (κ3) is 16.8. The molecule has 6 nitrogen and oxygen atoms in total. The molecule has 0 spiro atoms. The smallest absolute Gasteiger partial charge is 0.407 e. The SMILES string of the molecule is C=C/C=C\C(=C/C)N(C=C)C(=O)/C=C(\C)CC(CO)NC(=O)OC(C)(C)C.CC.CC. The second kappa shape index (κ2) is 19.4. The molecule has 0 aliphatic carbocycles. The quantitative estimate of drug-likeness (QED) is 0.349. The number of aliphatic hydroxyl groups excluding tert-OH is 1. The fourth-order valence-corrected chi connectivity index (χ4v) is 2.17. The molecule has 0 aliphatic rings. The summed E-state index contributed by atoms with van der Waals surface area (Å²) in [7, 11) is 0. The van der Waals surface area contributed by atoms with E-state index in [1.807, 2.05) is 34.6 Å². The van der Waals surface area contributed by atoms with Crippen LogP contribution in [0.5, 0.6) is 0 Å². The molecule has 0 radical (unpaired) electrons. The summed E-state index contributed by atoms with van der Waals surface area (Å²) in [6.07, 6.45) is 9.44. The van der Waals surface area contributed by atoms with E-state index in [9.17, 15) is 14.7 Å².